The van der Waals surface area contributed by atoms with Gasteiger partial charge in [0.05, 0.1) is 12.2 Å². The third-order valence-corrected chi connectivity index (χ3v) is 5.07. The van der Waals surface area contributed by atoms with E-state index in [4.69, 9.17) is 9.15 Å². The van der Waals surface area contributed by atoms with E-state index in [1.54, 1.807) is 22.5 Å². The number of nitrogens with zero attached hydrogens (tertiary/aromatic N) is 3. The minimum atomic E-state index is -0.523. The molecule has 0 saturated carbocycles. The van der Waals surface area contributed by atoms with Gasteiger partial charge in [-0.1, -0.05) is 32.0 Å². The number of carbonyl (C=O) groups excluding carboxylic acids is 1. The van der Waals surface area contributed by atoms with Gasteiger partial charge in [0.2, 0.25) is 11.1 Å². The summed E-state index contributed by atoms with van der Waals surface area (Å²) in [6.45, 7) is 6.33. The number of anilines is 1. The van der Waals surface area contributed by atoms with E-state index in [1.807, 2.05) is 19.9 Å². The molecule has 1 aliphatic rings. The largest absolute Gasteiger partial charge is 0.462 e. The van der Waals surface area contributed by atoms with Crippen LogP contribution in [0.5, 0.6) is 0 Å². The summed E-state index contributed by atoms with van der Waals surface area (Å²) in [4.78, 5) is 17.3. The highest BCUT2D eigenvalue weighted by molar-refractivity contribution is 9.10. The number of nitrogens with one attached hydrogen (secondary N) is 1. The Morgan fingerprint density at radius 1 is 1.46 bits per heavy atom. The number of rotatable bonds is 7. The van der Waals surface area contributed by atoms with Gasteiger partial charge < -0.3 is 14.5 Å². The van der Waals surface area contributed by atoms with E-state index < -0.39 is 6.04 Å². The van der Waals surface area contributed by atoms with Gasteiger partial charge in [-0.3, -0.25) is 0 Å². The third-order valence-electron chi connectivity index (χ3n) is 3.92. The Morgan fingerprint density at radius 3 is 2.92 bits per heavy atom. The maximum absolute atomic E-state index is 12.8. The monoisotopic (exact) mass is 440 g/mol. The highest BCUT2D eigenvalue weighted by atomic mass is 79.9. The minimum absolute atomic E-state index is 0.369. The number of fused-ring (bicyclic) bond motifs is 1. The van der Waals surface area contributed by atoms with E-state index in [9.17, 15) is 4.79 Å². The molecule has 2 aromatic heterocycles. The Hall–Kier alpha value is -1.74. The van der Waals surface area contributed by atoms with Gasteiger partial charge in [-0.05, 0) is 47.2 Å². The number of furan rings is 1. The summed E-state index contributed by atoms with van der Waals surface area (Å²) < 4.78 is 13.5. The summed E-state index contributed by atoms with van der Waals surface area (Å²) in [5, 5.41) is 8.38. The Labute approximate surface area is 164 Å². The highest BCUT2D eigenvalue weighted by Gasteiger charge is 2.37. The summed E-state index contributed by atoms with van der Waals surface area (Å²) in [6, 6.07) is 3.10. The standard InChI is InChI=1S/C17H21BrN4O3S/c1-4-6-9-24-15(23)13-10(3)19-16-20-17(26-5-2)21-22(16)14(13)11-7-8-12(18)25-11/h7-8,14H,4-6,9H2,1-3H3,(H,19,20,21). The van der Waals surface area contributed by atoms with Gasteiger partial charge in [0, 0.05) is 5.70 Å². The first-order valence-corrected chi connectivity index (χ1v) is 10.3. The lowest BCUT2D eigenvalue weighted by molar-refractivity contribution is -0.139. The maximum atomic E-state index is 12.8. The zero-order valence-corrected chi connectivity index (χ0v) is 17.3. The number of aromatic nitrogens is 3. The lowest BCUT2D eigenvalue weighted by atomic mass is 10.0. The van der Waals surface area contributed by atoms with Gasteiger partial charge in [0.25, 0.3) is 0 Å². The average Bonchev–Trinajstić information content (AvgIpc) is 3.19. The molecular formula is C17H21BrN4O3S. The van der Waals surface area contributed by atoms with Crippen LogP contribution in [0.15, 0.2) is 37.6 Å². The SMILES string of the molecule is CCCCOC(=O)C1=C(C)Nc2nc(SCC)nn2C1c1ccc(Br)o1. The van der Waals surface area contributed by atoms with E-state index in [1.165, 1.54) is 0 Å². The number of thioether (sulfide) groups is 1. The number of unbranched alkanes of at least 4 members (excludes halogenated alkanes) is 1. The second-order valence-electron chi connectivity index (χ2n) is 5.79. The van der Waals surface area contributed by atoms with Crippen LogP contribution in [0.4, 0.5) is 5.95 Å². The van der Waals surface area contributed by atoms with Crippen LogP contribution in [0, 0.1) is 0 Å². The van der Waals surface area contributed by atoms with Crippen molar-refractivity contribution in [3.05, 3.63) is 33.8 Å². The molecule has 1 aliphatic heterocycles. The molecular weight excluding hydrogens is 420 g/mol. The zero-order chi connectivity index (χ0) is 18.7. The molecule has 1 N–H and O–H groups in total. The quantitative estimate of drug-likeness (QED) is 0.388. The number of carbonyl (C=O) groups is 1. The van der Waals surface area contributed by atoms with E-state index in [-0.39, 0.29) is 5.97 Å². The van der Waals surface area contributed by atoms with Crippen LogP contribution >= 0.6 is 27.7 Å². The molecule has 0 saturated heterocycles. The number of hydrogen-bond donors (Lipinski definition) is 1. The summed E-state index contributed by atoms with van der Waals surface area (Å²) in [7, 11) is 0. The number of halogens is 1. The smallest absolute Gasteiger partial charge is 0.338 e. The molecule has 0 aliphatic carbocycles. The van der Waals surface area contributed by atoms with Crippen molar-refractivity contribution in [1.29, 1.82) is 0 Å². The van der Waals surface area contributed by atoms with Gasteiger partial charge >= 0.3 is 5.97 Å². The summed E-state index contributed by atoms with van der Waals surface area (Å²) in [5.41, 5.74) is 1.17. The normalized spacial score (nSPS) is 16.4. The van der Waals surface area contributed by atoms with Crippen LogP contribution < -0.4 is 5.32 Å². The molecule has 0 fully saturated rings. The molecule has 140 valence electrons. The summed E-state index contributed by atoms with van der Waals surface area (Å²) >= 11 is 4.87. The fourth-order valence-corrected chi connectivity index (χ4v) is 3.59. The van der Waals surface area contributed by atoms with Crippen LogP contribution in [0.2, 0.25) is 0 Å². The molecule has 7 nitrogen and oxygen atoms in total. The van der Waals surface area contributed by atoms with Crippen molar-refractivity contribution in [1.82, 2.24) is 14.8 Å². The number of allylic oxidation sites excluding steroid dienone is 1. The van der Waals surface area contributed by atoms with Crippen molar-refractivity contribution in [3.8, 4) is 0 Å². The molecule has 9 heteroatoms. The molecule has 0 bridgehead atoms. The van der Waals surface area contributed by atoms with Crippen molar-refractivity contribution < 1.29 is 13.9 Å². The molecule has 1 atom stereocenters. The Bertz CT molecular complexity index is 830. The first-order chi connectivity index (χ1) is 12.5. The van der Waals surface area contributed by atoms with Gasteiger partial charge in [0.1, 0.15) is 11.8 Å². The molecule has 0 spiro atoms. The number of hydrogen-bond acceptors (Lipinski definition) is 7. The zero-order valence-electron chi connectivity index (χ0n) is 14.9. The van der Waals surface area contributed by atoms with Gasteiger partial charge in [-0.15, -0.1) is 5.10 Å². The molecule has 3 heterocycles. The molecule has 1 unspecified atom stereocenters. The molecule has 0 amide bonds. The minimum Gasteiger partial charge on any atom is -0.462 e. The van der Waals surface area contributed by atoms with Crippen molar-refractivity contribution in [2.75, 3.05) is 17.7 Å². The molecule has 0 radical (unpaired) electrons. The Morgan fingerprint density at radius 2 is 2.27 bits per heavy atom. The molecule has 3 rings (SSSR count). The Balaban J connectivity index is 2.01. The van der Waals surface area contributed by atoms with Crippen molar-refractivity contribution >= 4 is 39.6 Å². The lowest BCUT2D eigenvalue weighted by Crippen LogP contribution is -2.29. The fraction of sp³-hybridized carbons (Fsp3) is 0.471. The van der Waals surface area contributed by atoms with Crippen molar-refractivity contribution in [3.63, 3.8) is 0 Å². The maximum Gasteiger partial charge on any atom is 0.338 e. The highest BCUT2D eigenvalue weighted by Crippen LogP contribution is 2.37. The summed E-state index contributed by atoms with van der Waals surface area (Å²) in [6.07, 6.45) is 1.79. The van der Waals surface area contributed by atoms with Crippen LogP contribution in [0.3, 0.4) is 0 Å². The predicted molar refractivity (Wildman–Crippen MR) is 103 cm³/mol. The second-order valence-corrected chi connectivity index (χ2v) is 7.81. The number of esters is 1. The molecule has 2 aromatic rings. The van der Waals surface area contributed by atoms with Crippen molar-refractivity contribution in [2.45, 2.75) is 44.8 Å². The van der Waals surface area contributed by atoms with Gasteiger partial charge in [-0.25, -0.2) is 9.48 Å². The fourth-order valence-electron chi connectivity index (χ4n) is 2.71. The van der Waals surface area contributed by atoms with Gasteiger partial charge in [0.15, 0.2) is 4.67 Å². The van der Waals surface area contributed by atoms with Gasteiger partial charge in [-0.2, -0.15) is 4.98 Å². The molecule has 0 aromatic carbocycles. The van der Waals surface area contributed by atoms with E-state index in [2.05, 4.69) is 38.3 Å². The average molecular weight is 441 g/mol. The third kappa shape index (κ3) is 3.83. The van der Waals surface area contributed by atoms with Crippen molar-refractivity contribution in [2.24, 2.45) is 0 Å². The lowest BCUT2D eigenvalue weighted by Gasteiger charge is -2.26. The van der Waals surface area contributed by atoms with Crippen LogP contribution in [0.25, 0.3) is 0 Å². The first kappa shape index (κ1) is 19.0. The topological polar surface area (TPSA) is 82.2 Å². The van der Waals surface area contributed by atoms with E-state index >= 15 is 0 Å². The van der Waals surface area contributed by atoms with Crippen LogP contribution in [-0.2, 0) is 9.53 Å². The second kappa shape index (κ2) is 8.30. The molecule has 26 heavy (non-hydrogen) atoms. The number of ether oxygens (including phenoxy) is 1. The summed E-state index contributed by atoms with van der Waals surface area (Å²) in [5.74, 6) is 1.67. The first-order valence-electron chi connectivity index (χ1n) is 8.54. The predicted octanol–water partition coefficient (Wildman–Crippen LogP) is 4.38. The van der Waals surface area contributed by atoms with Crippen LogP contribution in [-0.4, -0.2) is 33.1 Å². The Kier molecular flexibility index (Phi) is 6.08. The van der Waals surface area contributed by atoms with E-state index in [0.717, 1.165) is 18.6 Å². The van der Waals surface area contributed by atoms with E-state index in [0.29, 0.717) is 39.4 Å². The van der Waals surface area contributed by atoms with Crippen LogP contribution in [0.1, 0.15) is 45.4 Å².